The van der Waals surface area contributed by atoms with Crippen molar-refractivity contribution in [3.8, 4) is 11.4 Å². The molecule has 5 nitrogen and oxygen atoms in total. The molecule has 0 N–H and O–H groups in total. The fourth-order valence-corrected chi connectivity index (χ4v) is 3.64. The Morgan fingerprint density at radius 2 is 1.76 bits per heavy atom. The molecule has 0 atom stereocenters. The number of nitrogens with zero attached hydrogens (tertiary/aromatic N) is 4. The summed E-state index contributed by atoms with van der Waals surface area (Å²) in [6.07, 6.45) is 1.95. The van der Waals surface area contributed by atoms with Crippen LogP contribution in [0.4, 0.5) is 0 Å². The third-order valence-corrected chi connectivity index (χ3v) is 5.00. The predicted octanol–water partition coefficient (Wildman–Crippen LogP) is 4.36. The Morgan fingerprint density at radius 1 is 1.12 bits per heavy atom. The Bertz CT molecular complexity index is 681. The van der Waals surface area contributed by atoms with Crippen molar-refractivity contribution in [1.82, 2.24) is 19.7 Å². The summed E-state index contributed by atoms with van der Waals surface area (Å²) >= 11 is 7.40. The van der Waals surface area contributed by atoms with Gasteiger partial charge in [0, 0.05) is 30.2 Å². The second-order valence-corrected chi connectivity index (χ2v) is 7.11. The molecule has 2 rings (SSSR count). The lowest BCUT2D eigenvalue weighted by atomic mass is 10.2. The molecule has 25 heavy (non-hydrogen) atoms. The summed E-state index contributed by atoms with van der Waals surface area (Å²) in [7, 11) is 0. The molecule has 1 heterocycles. The van der Waals surface area contributed by atoms with E-state index in [2.05, 4.69) is 31.0 Å². The Balaban J connectivity index is 2.10. The summed E-state index contributed by atoms with van der Waals surface area (Å²) in [4.78, 5) is 14.4. The van der Waals surface area contributed by atoms with Crippen LogP contribution in [0, 0.1) is 0 Å². The van der Waals surface area contributed by atoms with Crippen LogP contribution in [-0.2, 0) is 11.3 Å². The maximum absolute atomic E-state index is 12.4. The zero-order chi connectivity index (χ0) is 18.2. The Hall–Kier alpha value is -1.53. The monoisotopic (exact) mass is 380 g/mol. The highest BCUT2D eigenvalue weighted by atomic mass is 35.5. The SMILES string of the molecule is CCCN(CCC)C(=O)CSc1nnc(-c2ccc(Cl)cc2)n1CC. The Morgan fingerprint density at radius 3 is 2.32 bits per heavy atom. The van der Waals surface area contributed by atoms with Crippen LogP contribution in [0.5, 0.6) is 0 Å². The highest BCUT2D eigenvalue weighted by molar-refractivity contribution is 7.99. The van der Waals surface area contributed by atoms with Gasteiger partial charge < -0.3 is 9.47 Å². The lowest BCUT2D eigenvalue weighted by Gasteiger charge is -2.21. The molecular weight excluding hydrogens is 356 g/mol. The molecule has 0 fully saturated rings. The van der Waals surface area contributed by atoms with E-state index in [1.54, 1.807) is 0 Å². The average molecular weight is 381 g/mol. The molecule has 0 saturated heterocycles. The fraction of sp³-hybridized carbons (Fsp3) is 0.500. The lowest BCUT2D eigenvalue weighted by Crippen LogP contribution is -2.33. The van der Waals surface area contributed by atoms with Crippen LogP contribution in [0.15, 0.2) is 29.4 Å². The van der Waals surface area contributed by atoms with Gasteiger partial charge >= 0.3 is 0 Å². The van der Waals surface area contributed by atoms with E-state index < -0.39 is 0 Å². The second-order valence-electron chi connectivity index (χ2n) is 5.73. The van der Waals surface area contributed by atoms with Crippen LogP contribution in [0.25, 0.3) is 11.4 Å². The summed E-state index contributed by atoms with van der Waals surface area (Å²) < 4.78 is 2.03. The number of benzene rings is 1. The predicted molar refractivity (Wildman–Crippen MR) is 104 cm³/mol. The number of carbonyl (C=O) groups is 1. The van der Waals surface area contributed by atoms with E-state index in [0.29, 0.717) is 10.8 Å². The van der Waals surface area contributed by atoms with Gasteiger partial charge in [0.25, 0.3) is 0 Å². The number of halogens is 1. The van der Waals surface area contributed by atoms with Crippen molar-refractivity contribution in [3.63, 3.8) is 0 Å². The maximum atomic E-state index is 12.4. The molecule has 0 unspecified atom stereocenters. The van der Waals surface area contributed by atoms with E-state index in [1.165, 1.54) is 11.8 Å². The summed E-state index contributed by atoms with van der Waals surface area (Å²) in [6.45, 7) is 8.60. The van der Waals surface area contributed by atoms with Crippen LogP contribution >= 0.6 is 23.4 Å². The molecule has 0 aliphatic carbocycles. The minimum absolute atomic E-state index is 0.160. The molecule has 0 spiro atoms. The topological polar surface area (TPSA) is 51.0 Å². The van der Waals surface area contributed by atoms with Crippen molar-refractivity contribution in [3.05, 3.63) is 29.3 Å². The van der Waals surface area contributed by atoms with E-state index in [9.17, 15) is 4.79 Å². The van der Waals surface area contributed by atoms with Gasteiger partial charge in [0.2, 0.25) is 5.91 Å². The third-order valence-electron chi connectivity index (χ3n) is 3.80. The largest absolute Gasteiger partial charge is 0.342 e. The Kier molecular flexibility index (Phi) is 7.78. The van der Waals surface area contributed by atoms with Gasteiger partial charge in [-0.2, -0.15) is 0 Å². The maximum Gasteiger partial charge on any atom is 0.233 e. The number of rotatable bonds is 9. The molecule has 0 aliphatic rings. The molecule has 0 saturated carbocycles. The van der Waals surface area contributed by atoms with E-state index in [1.807, 2.05) is 33.7 Å². The summed E-state index contributed by atoms with van der Waals surface area (Å²) in [6, 6.07) is 7.55. The number of aromatic nitrogens is 3. The van der Waals surface area contributed by atoms with Gasteiger partial charge in [-0.15, -0.1) is 10.2 Å². The average Bonchev–Trinajstić information content (AvgIpc) is 3.03. The lowest BCUT2D eigenvalue weighted by molar-refractivity contribution is -0.128. The van der Waals surface area contributed by atoms with Gasteiger partial charge in [-0.05, 0) is 44.0 Å². The van der Waals surface area contributed by atoms with Gasteiger partial charge in [0.05, 0.1) is 5.75 Å². The third kappa shape index (κ3) is 5.22. The number of hydrogen-bond acceptors (Lipinski definition) is 4. The number of thioether (sulfide) groups is 1. The summed E-state index contributed by atoms with van der Waals surface area (Å²) in [5.41, 5.74) is 0.968. The van der Waals surface area contributed by atoms with Crippen LogP contribution < -0.4 is 0 Å². The van der Waals surface area contributed by atoms with Crippen molar-refractivity contribution >= 4 is 29.3 Å². The molecule has 7 heteroatoms. The van der Waals surface area contributed by atoms with E-state index in [-0.39, 0.29) is 5.91 Å². The van der Waals surface area contributed by atoms with Crippen LogP contribution in [-0.4, -0.2) is 44.4 Å². The van der Waals surface area contributed by atoms with Gasteiger partial charge in [-0.3, -0.25) is 4.79 Å². The van der Waals surface area contributed by atoms with Crippen LogP contribution in [0.3, 0.4) is 0 Å². The van der Waals surface area contributed by atoms with Crippen LogP contribution in [0.1, 0.15) is 33.6 Å². The van der Waals surface area contributed by atoms with E-state index in [4.69, 9.17) is 11.6 Å². The zero-order valence-electron chi connectivity index (χ0n) is 15.0. The quantitative estimate of drug-likeness (QED) is 0.606. The molecule has 2 aromatic rings. The minimum atomic E-state index is 0.160. The normalized spacial score (nSPS) is 10.9. The summed E-state index contributed by atoms with van der Waals surface area (Å²) in [5.74, 6) is 1.35. The first-order valence-electron chi connectivity index (χ1n) is 8.70. The van der Waals surface area contributed by atoms with E-state index in [0.717, 1.165) is 49.0 Å². The summed E-state index contributed by atoms with van der Waals surface area (Å²) in [5, 5.41) is 10.1. The second kappa shape index (κ2) is 9.82. The molecule has 1 aromatic heterocycles. The van der Waals surface area contributed by atoms with Crippen molar-refractivity contribution in [1.29, 1.82) is 0 Å². The minimum Gasteiger partial charge on any atom is -0.342 e. The first-order valence-corrected chi connectivity index (χ1v) is 10.1. The van der Waals surface area contributed by atoms with Gasteiger partial charge in [0.15, 0.2) is 11.0 Å². The molecule has 0 aliphatic heterocycles. The molecule has 1 aromatic carbocycles. The van der Waals surface area contributed by atoms with Gasteiger partial charge in [0.1, 0.15) is 0 Å². The van der Waals surface area contributed by atoms with Crippen LogP contribution in [0.2, 0.25) is 5.02 Å². The first kappa shape index (κ1) is 19.8. The first-order chi connectivity index (χ1) is 12.1. The molecule has 1 amide bonds. The zero-order valence-corrected chi connectivity index (χ0v) is 16.6. The van der Waals surface area contributed by atoms with Crippen molar-refractivity contribution < 1.29 is 4.79 Å². The molecule has 0 radical (unpaired) electrons. The molecular formula is C18H25ClN4OS. The van der Waals surface area contributed by atoms with Gasteiger partial charge in [-0.1, -0.05) is 37.2 Å². The number of amides is 1. The molecule has 0 bridgehead atoms. The Labute approximate surface area is 158 Å². The van der Waals surface area contributed by atoms with E-state index >= 15 is 0 Å². The van der Waals surface area contributed by atoms with Crippen molar-refractivity contribution in [2.75, 3.05) is 18.8 Å². The van der Waals surface area contributed by atoms with Crippen molar-refractivity contribution in [2.24, 2.45) is 0 Å². The molecule has 136 valence electrons. The highest BCUT2D eigenvalue weighted by Gasteiger charge is 2.17. The van der Waals surface area contributed by atoms with Gasteiger partial charge in [-0.25, -0.2) is 0 Å². The highest BCUT2D eigenvalue weighted by Crippen LogP contribution is 2.25. The number of carbonyl (C=O) groups excluding carboxylic acids is 1. The van der Waals surface area contributed by atoms with Crippen molar-refractivity contribution in [2.45, 2.75) is 45.3 Å². The fourth-order valence-electron chi connectivity index (χ4n) is 2.61. The number of hydrogen-bond donors (Lipinski definition) is 0. The standard InChI is InChI=1S/C18H25ClN4OS/c1-4-11-22(12-5-2)16(24)13-25-18-21-20-17(23(18)6-3)14-7-9-15(19)10-8-14/h7-10H,4-6,11-13H2,1-3H3. The smallest absolute Gasteiger partial charge is 0.233 e.